The molecule has 0 atom stereocenters. The summed E-state index contributed by atoms with van der Waals surface area (Å²) in [4.78, 5) is 31.6. The molecule has 8 heteroatoms. The second-order valence-corrected chi connectivity index (χ2v) is 5.34. The lowest BCUT2D eigenvalue weighted by molar-refractivity contribution is 0.0690. The lowest BCUT2D eigenvalue weighted by Gasteiger charge is -2.41. The van der Waals surface area contributed by atoms with Crippen LogP contribution in [0.25, 0.3) is 0 Å². The van der Waals surface area contributed by atoms with Crippen LogP contribution in [0.1, 0.15) is 35.6 Å². The first-order valence-electron chi connectivity index (χ1n) is 6.95. The summed E-state index contributed by atoms with van der Waals surface area (Å²) in [5, 5.41) is 14.9. The third-order valence-electron chi connectivity index (χ3n) is 3.86. The summed E-state index contributed by atoms with van der Waals surface area (Å²) >= 11 is 0. The first-order valence-corrected chi connectivity index (χ1v) is 6.95. The Morgan fingerprint density at radius 3 is 2.71 bits per heavy atom. The number of carboxylic acids is 1. The maximum Gasteiger partial charge on any atom is 0.353 e. The number of rotatable bonds is 6. The summed E-state index contributed by atoms with van der Waals surface area (Å²) in [6, 6.07) is -0.182. The molecule has 1 aromatic heterocycles. The quantitative estimate of drug-likeness (QED) is 0.605. The smallest absolute Gasteiger partial charge is 0.353 e. The number of likely N-dealkylation sites (N-methyl/N-ethyl adjacent to an activating group) is 2. The molecule has 2 rings (SSSR count). The fraction of sp³-hybridized carbons (Fsp3) is 0.615. The van der Waals surface area contributed by atoms with Crippen LogP contribution in [0.3, 0.4) is 0 Å². The minimum atomic E-state index is -1.05. The number of aromatic nitrogens is 2. The largest absolute Gasteiger partial charge is 0.477 e. The number of nitrogens with zero attached hydrogens (tertiary/aromatic N) is 2. The predicted molar refractivity (Wildman–Crippen MR) is 76.2 cm³/mol. The van der Waals surface area contributed by atoms with Crippen molar-refractivity contribution < 1.29 is 14.7 Å². The van der Waals surface area contributed by atoms with E-state index in [2.05, 4.69) is 20.6 Å². The average Bonchev–Trinajstić information content (AvgIpc) is 2.89. The van der Waals surface area contributed by atoms with E-state index in [1.54, 1.807) is 11.9 Å². The van der Waals surface area contributed by atoms with Gasteiger partial charge >= 0.3 is 12.0 Å². The molecule has 1 aromatic rings. The Bertz CT molecular complexity index is 524. The van der Waals surface area contributed by atoms with Crippen molar-refractivity contribution in [2.24, 2.45) is 0 Å². The van der Waals surface area contributed by atoms with Crippen LogP contribution in [0, 0.1) is 0 Å². The molecule has 21 heavy (non-hydrogen) atoms. The van der Waals surface area contributed by atoms with Gasteiger partial charge in [0.05, 0.1) is 11.7 Å². The molecular weight excluding hydrogens is 274 g/mol. The van der Waals surface area contributed by atoms with Crippen LogP contribution in [-0.4, -0.2) is 59.2 Å². The van der Waals surface area contributed by atoms with Crippen LogP contribution >= 0.6 is 0 Å². The zero-order chi connectivity index (χ0) is 15.5. The van der Waals surface area contributed by atoms with Gasteiger partial charge in [0, 0.05) is 20.1 Å². The van der Waals surface area contributed by atoms with E-state index in [-0.39, 0.29) is 11.7 Å². The predicted octanol–water partition coefficient (Wildman–Crippen LogP) is 0.348. The molecule has 1 saturated carbocycles. The van der Waals surface area contributed by atoms with Gasteiger partial charge in [-0.15, -0.1) is 0 Å². The number of nitrogens with one attached hydrogen (secondary N) is 3. The number of urea groups is 1. The van der Waals surface area contributed by atoms with Gasteiger partial charge in [-0.1, -0.05) is 0 Å². The van der Waals surface area contributed by atoms with Gasteiger partial charge in [0.2, 0.25) is 0 Å². The van der Waals surface area contributed by atoms with Crippen molar-refractivity contribution >= 4 is 12.0 Å². The molecule has 1 fully saturated rings. The maximum atomic E-state index is 12.2. The standard InChI is InChI=1S/C13H21N5O3/c1-14-6-7-18(2)12(21)17-13(4-3-5-13)11-15-8-9(16-11)10(19)20/h8,14H,3-7H2,1-2H3,(H,15,16)(H,17,21)(H,19,20). The molecule has 0 unspecified atom stereocenters. The van der Waals surface area contributed by atoms with E-state index in [9.17, 15) is 9.59 Å². The van der Waals surface area contributed by atoms with Crippen LogP contribution in [0.5, 0.6) is 0 Å². The van der Waals surface area contributed by atoms with Crippen molar-refractivity contribution in [2.75, 3.05) is 27.2 Å². The number of hydrogen-bond acceptors (Lipinski definition) is 4. The van der Waals surface area contributed by atoms with Gasteiger partial charge in [-0.3, -0.25) is 0 Å². The van der Waals surface area contributed by atoms with E-state index in [0.717, 1.165) is 19.3 Å². The van der Waals surface area contributed by atoms with E-state index in [1.165, 1.54) is 6.20 Å². The molecule has 1 aliphatic rings. The zero-order valence-electron chi connectivity index (χ0n) is 12.3. The molecule has 8 nitrogen and oxygen atoms in total. The number of carbonyl (C=O) groups is 2. The summed E-state index contributed by atoms with van der Waals surface area (Å²) in [6.45, 7) is 1.30. The Morgan fingerprint density at radius 1 is 1.52 bits per heavy atom. The number of aromatic amines is 1. The van der Waals surface area contributed by atoms with Crippen molar-refractivity contribution in [3.05, 3.63) is 17.7 Å². The molecule has 4 N–H and O–H groups in total. The molecule has 0 bridgehead atoms. The van der Waals surface area contributed by atoms with Crippen LogP contribution in [-0.2, 0) is 5.54 Å². The highest BCUT2D eigenvalue weighted by molar-refractivity contribution is 5.85. The highest BCUT2D eigenvalue weighted by Gasteiger charge is 2.43. The molecule has 0 spiro atoms. The SMILES string of the molecule is CNCCN(C)C(=O)NC1(c2ncc(C(=O)O)[nH]2)CCC1. The Kier molecular flexibility index (Phi) is 4.46. The van der Waals surface area contributed by atoms with Gasteiger partial charge in [0.25, 0.3) is 0 Å². The van der Waals surface area contributed by atoms with Gasteiger partial charge < -0.3 is 25.6 Å². The summed E-state index contributed by atoms with van der Waals surface area (Å²) in [6.07, 6.45) is 3.77. The summed E-state index contributed by atoms with van der Waals surface area (Å²) in [5.74, 6) is -0.540. The molecule has 0 saturated heterocycles. The summed E-state index contributed by atoms with van der Waals surface area (Å²) in [5.41, 5.74) is -0.535. The topological polar surface area (TPSA) is 110 Å². The second-order valence-electron chi connectivity index (χ2n) is 5.34. The van der Waals surface area contributed by atoms with E-state index in [4.69, 9.17) is 5.11 Å². The first kappa shape index (κ1) is 15.3. The van der Waals surface area contributed by atoms with Crippen molar-refractivity contribution in [1.82, 2.24) is 25.5 Å². The van der Waals surface area contributed by atoms with E-state index in [0.29, 0.717) is 18.9 Å². The van der Waals surface area contributed by atoms with Gasteiger partial charge in [-0.05, 0) is 26.3 Å². The van der Waals surface area contributed by atoms with Crippen LogP contribution in [0.15, 0.2) is 6.20 Å². The molecule has 0 radical (unpaired) electrons. The summed E-state index contributed by atoms with van der Waals surface area (Å²) < 4.78 is 0. The fourth-order valence-electron chi connectivity index (χ4n) is 2.31. The highest BCUT2D eigenvalue weighted by Crippen LogP contribution is 2.39. The second kappa shape index (κ2) is 6.13. The van der Waals surface area contributed by atoms with Crippen molar-refractivity contribution in [2.45, 2.75) is 24.8 Å². The van der Waals surface area contributed by atoms with Crippen molar-refractivity contribution in [3.63, 3.8) is 0 Å². The van der Waals surface area contributed by atoms with Gasteiger partial charge in [0.1, 0.15) is 11.5 Å². The summed E-state index contributed by atoms with van der Waals surface area (Å²) in [7, 11) is 3.55. The molecule has 1 heterocycles. The van der Waals surface area contributed by atoms with E-state index < -0.39 is 11.5 Å². The Balaban J connectivity index is 2.07. The van der Waals surface area contributed by atoms with Crippen LogP contribution in [0.4, 0.5) is 4.79 Å². The van der Waals surface area contributed by atoms with E-state index >= 15 is 0 Å². The maximum absolute atomic E-state index is 12.2. The van der Waals surface area contributed by atoms with Crippen LogP contribution < -0.4 is 10.6 Å². The molecule has 2 amide bonds. The van der Waals surface area contributed by atoms with E-state index in [1.807, 2.05) is 7.05 Å². The molecule has 0 aromatic carbocycles. The molecule has 0 aliphatic heterocycles. The molecular formula is C13H21N5O3. The number of amides is 2. The van der Waals surface area contributed by atoms with Crippen molar-refractivity contribution in [3.8, 4) is 0 Å². The highest BCUT2D eigenvalue weighted by atomic mass is 16.4. The average molecular weight is 295 g/mol. The minimum absolute atomic E-state index is 0.0362. The zero-order valence-corrected chi connectivity index (χ0v) is 12.3. The Labute approximate surface area is 122 Å². The first-order chi connectivity index (χ1) is 9.98. The number of carbonyl (C=O) groups excluding carboxylic acids is 1. The van der Waals surface area contributed by atoms with Gasteiger partial charge in [-0.25, -0.2) is 14.6 Å². The number of aromatic carboxylic acids is 1. The minimum Gasteiger partial charge on any atom is -0.477 e. The molecule has 1 aliphatic carbocycles. The monoisotopic (exact) mass is 295 g/mol. The number of imidazole rings is 1. The number of hydrogen-bond donors (Lipinski definition) is 4. The van der Waals surface area contributed by atoms with Gasteiger partial charge in [0.15, 0.2) is 0 Å². The van der Waals surface area contributed by atoms with Crippen molar-refractivity contribution in [1.29, 1.82) is 0 Å². The van der Waals surface area contributed by atoms with Crippen LogP contribution in [0.2, 0.25) is 0 Å². The third-order valence-corrected chi connectivity index (χ3v) is 3.86. The number of H-pyrrole nitrogens is 1. The Hall–Kier alpha value is -2.09. The van der Waals surface area contributed by atoms with Gasteiger partial charge in [-0.2, -0.15) is 0 Å². The fourth-order valence-corrected chi connectivity index (χ4v) is 2.31. The third kappa shape index (κ3) is 3.15. The molecule has 116 valence electrons. The normalized spacial score (nSPS) is 16.1. The lowest BCUT2D eigenvalue weighted by Crippen LogP contribution is -2.55. The number of carboxylic acid groups (broad SMARTS) is 1. The lowest BCUT2D eigenvalue weighted by atomic mass is 9.76. The Morgan fingerprint density at radius 2 is 2.24 bits per heavy atom.